The van der Waals surface area contributed by atoms with Gasteiger partial charge in [0.15, 0.2) is 5.16 Å². The zero-order valence-corrected chi connectivity index (χ0v) is 19.5. The summed E-state index contributed by atoms with van der Waals surface area (Å²) in [6, 6.07) is 8.48. The maximum atomic E-state index is 12.5. The number of methoxy groups -OCH3 is 1. The molecule has 0 aliphatic heterocycles. The molecule has 1 heterocycles. The monoisotopic (exact) mass is 442 g/mol. The van der Waals surface area contributed by atoms with Crippen molar-refractivity contribution in [1.82, 2.24) is 20.1 Å². The van der Waals surface area contributed by atoms with Crippen molar-refractivity contribution in [3.8, 4) is 5.75 Å². The highest BCUT2D eigenvalue weighted by molar-refractivity contribution is 7.99. The Hall–Kier alpha value is -2.28. The van der Waals surface area contributed by atoms with Gasteiger partial charge in [0.2, 0.25) is 5.91 Å². The minimum atomic E-state index is 0.0814. The smallest absolute Gasteiger partial charge is 0.230 e. The second-order valence-corrected chi connectivity index (χ2v) is 9.17. The highest BCUT2D eigenvalue weighted by Gasteiger charge is 2.23. The second kappa shape index (κ2) is 11.9. The SMILES string of the molecule is C=CCn1c(CCCc2ccc(OC)cc2)nnc1SCC(=O)NC1CCCCC1C. The first-order valence-electron chi connectivity index (χ1n) is 11.2. The van der Waals surface area contributed by atoms with E-state index in [1.54, 1.807) is 7.11 Å². The van der Waals surface area contributed by atoms with Crippen molar-refractivity contribution in [2.75, 3.05) is 12.9 Å². The normalized spacial score (nSPS) is 18.5. The second-order valence-electron chi connectivity index (χ2n) is 8.22. The Balaban J connectivity index is 1.51. The summed E-state index contributed by atoms with van der Waals surface area (Å²) in [5.41, 5.74) is 1.28. The molecule has 1 amide bonds. The summed E-state index contributed by atoms with van der Waals surface area (Å²) < 4.78 is 7.29. The molecule has 7 heteroatoms. The van der Waals surface area contributed by atoms with Crippen molar-refractivity contribution in [3.63, 3.8) is 0 Å². The lowest BCUT2D eigenvalue weighted by Gasteiger charge is -2.29. The topological polar surface area (TPSA) is 69.0 Å². The fraction of sp³-hybridized carbons (Fsp3) is 0.542. The number of hydrogen-bond donors (Lipinski definition) is 1. The number of hydrogen-bond acceptors (Lipinski definition) is 5. The van der Waals surface area contributed by atoms with Gasteiger partial charge in [-0.05, 0) is 49.3 Å². The molecule has 0 spiro atoms. The van der Waals surface area contributed by atoms with E-state index in [0.29, 0.717) is 24.3 Å². The van der Waals surface area contributed by atoms with Gasteiger partial charge in [-0.25, -0.2) is 0 Å². The van der Waals surface area contributed by atoms with Gasteiger partial charge in [0, 0.05) is 19.0 Å². The van der Waals surface area contributed by atoms with Gasteiger partial charge >= 0.3 is 0 Å². The summed E-state index contributed by atoms with van der Waals surface area (Å²) in [6.45, 7) is 6.75. The zero-order valence-electron chi connectivity index (χ0n) is 18.7. The molecule has 1 aromatic carbocycles. The molecule has 1 aromatic heterocycles. The standard InChI is InChI=1S/C24H34N4O2S/c1-4-16-28-22(11-7-9-19-12-14-20(30-3)15-13-19)26-27-24(28)31-17-23(29)25-21-10-6-5-8-18(21)2/h4,12-15,18,21H,1,5-11,16-17H2,2-3H3,(H,25,29). The largest absolute Gasteiger partial charge is 0.497 e. The van der Waals surface area contributed by atoms with Crippen LogP contribution in [0.1, 0.15) is 50.4 Å². The van der Waals surface area contributed by atoms with E-state index < -0.39 is 0 Å². The van der Waals surface area contributed by atoms with Crippen LogP contribution in [-0.4, -0.2) is 39.6 Å². The highest BCUT2D eigenvalue weighted by atomic mass is 32.2. The molecule has 31 heavy (non-hydrogen) atoms. The van der Waals surface area contributed by atoms with E-state index >= 15 is 0 Å². The van der Waals surface area contributed by atoms with E-state index in [4.69, 9.17) is 4.74 Å². The van der Waals surface area contributed by atoms with E-state index in [1.807, 2.05) is 18.2 Å². The van der Waals surface area contributed by atoms with Gasteiger partial charge in [-0.2, -0.15) is 0 Å². The van der Waals surface area contributed by atoms with Crippen LogP contribution < -0.4 is 10.1 Å². The van der Waals surface area contributed by atoms with E-state index in [-0.39, 0.29) is 5.91 Å². The number of benzene rings is 1. The van der Waals surface area contributed by atoms with Crippen molar-refractivity contribution < 1.29 is 9.53 Å². The predicted molar refractivity (Wildman–Crippen MR) is 126 cm³/mol. The van der Waals surface area contributed by atoms with Gasteiger partial charge in [-0.1, -0.05) is 49.7 Å². The van der Waals surface area contributed by atoms with Crippen molar-refractivity contribution in [2.24, 2.45) is 5.92 Å². The van der Waals surface area contributed by atoms with Crippen LogP contribution >= 0.6 is 11.8 Å². The summed E-state index contributed by atoms with van der Waals surface area (Å²) in [6.07, 6.45) is 9.39. The molecule has 1 saturated carbocycles. The van der Waals surface area contributed by atoms with Gasteiger partial charge in [-0.3, -0.25) is 4.79 Å². The van der Waals surface area contributed by atoms with Crippen molar-refractivity contribution in [3.05, 3.63) is 48.3 Å². The molecule has 1 aliphatic carbocycles. The van der Waals surface area contributed by atoms with Crippen LogP contribution in [0.3, 0.4) is 0 Å². The average molecular weight is 443 g/mol. The molecule has 2 atom stereocenters. The third-order valence-corrected chi connectivity index (χ3v) is 6.89. The van der Waals surface area contributed by atoms with Crippen molar-refractivity contribution >= 4 is 17.7 Å². The molecular formula is C24H34N4O2S. The Morgan fingerprint density at radius 3 is 2.74 bits per heavy atom. The summed E-state index contributed by atoms with van der Waals surface area (Å²) in [5.74, 6) is 2.82. The van der Waals surface area contributed by atoms with Crippen LogP contribution in [0.2, 0.25) is 0 Å². The molecule has 2 unspecified atom stereocenters. The summed E-state index contributed by atoms with van der Waals surface area (Å²) in [7, 11) is 1.68. The van der Waals surface area contributed by atoms with Crippen LogP contribution in [0, 0.1) is 5.92 Å². The number of allylic oxidation sites excluding steroid dienone is 1. The number of carbonyl (C=O) groups is 1. The van der Waals surface area contributed by atoms with E-state index in [2.05, 4.69) is 45.7 Å². The van der Waals surface area contributed by atoms with Gasteiger partial charge < -0.3 is 14.6 Å². The predicted octanol–water partition coefficient (Wildman–Crippen LogP) is 4.44. The number of aromatic nitrogens is 3. The first-order chi connectivity index (χ1) is 15.1. The fourth-order valence-corrected chi connectivity index (χ4v) is 4.85. The minimum Gasteiger partial charge on any atom is -0.497 e. The molecule has 0 bridgehead atoms. The van der Waals surface area contributed by atoms with Gasteiger partial charge in [0.1, 0.15) is 11.6 Å². The molecule has 2 aromatic rings. The molecule has 3 rings (SSSR count). The third kappa shape index (κ3) is 6.86. The zero-order chi connectivity index (χ0) is 22.1. The molecular weight excluding hydrogens is 408 g/mol. The van der Waals surface area contributed by atoms with Crippen LogP contribution in [0.4, 0.5) is 0 Å². The van der Waals surface area contributed by atoms with E-state index in [0.717, 1.165) is 42.4 Å². The number of aryl methyl sites for hydroxylation is 2. The Morgan fingerprint density at radius 2 is 2.03 bits per heavy atom. The molecule has 168 valence electrons. The van der Waals surface area contributed by atoms with E-state index in [1.165, 1.54) is 36.6 Å². The first-order valence-corrected chi connectivity index (χ1v) is 12.2. The molecule has 0 saturated heterocycles. The van der Waals surface area contributed by atoms with Gasteiger partial charge in [-0.15, -0.1) is 16.8 Å². The molecule has 1 N–H and O–H groups in total. The van der Waals surface area contributed by atoms with Crippen molar-refractivity contribution in [1.29, 1.82) is 0 Å². The third-order valence-electron chi connectivity index (χ3n) is 5.92. The maximum Gasteiger partial charge on any atom is 0.230 e. The minimum absolute atomic E-state index is 0.0814. The molecule has 1 fully saturated rings. The number of rotatable bonds is 11. The first kappa shape index (κ1) is 23.4. The van der Waals surface area contributed by atoms with E-state index in [9.17, 15) is 4.79 Å². The lowest BCUT2D eigenvalue weighted by atomic mass is 9.86. The molecule has 1 aliphatic rings. The summed E-state index contributed by atoms with van der Waals surface area (Å²) in [5, 5.41) is 12.7. The Morgan fingerprint density at radius 1 is 1.26 bits per heavy atom. The van der Waals surface area contributed by atoms with Crippen LogP contribution in [-0.2, 0) is 24.2 Å². The van der Waals surface area contributed by atoms with Crippen LogP contribution in [0.5, 0.6) is 5.75 Å². The highest BCUT2D eigenvalue weighted by Crippen LogP contribution is 2.24. The Kier molecular flexibility index (Phi) is 9.00. The van der Waals surface area contributed by atoms with Crippen molar-refractivity contribution in [2.45, 2.75) is 69.6 Å². The Bertz CT molecular complexity index is 850. The fourth-order valence-electron chi connectivity index (χ4n) is 4.08. The van der Waals surface area contributed by atoms with Crippen LogP contribution in [0.25, 0.3) is 0 Å². The Labute approximate surface area is 189 Å². The number of ether oxygens (including phenoxy) is 1. The number of amides is 1. The lowest BCUT2D eigenvalue weighted by Crippen LogP contribution is -2.41. The van der Waals surface area contributed by atoms with Gasteiger partial charge in [0.25, 0.3) is 0 Å². The van der Waals surface area contributed by atoms with Crippen LogP contribution in [0.15, 0.2) is 42.1 Å². The average Bonchev–Trinajstić information content (AvgIpc) is 3.16. The summed E-state index contributed by atoms with van der Waals surface area (Å²) in [4.78, 5) is 12.5. The number of carbonyl (C=O) groups excluding carboxylic acids is 1. The number of nitrogens with zero attached hydrogens (tertiary/aromatic N) is 3. The lowest BCUT2D eigenvalue weighted by molar-refractivity contribution is -0.119. The number of thioether (sulfide) groups is 1. The van der Waals surface area contributed by atoms with Gasteiger partial charge in [0.05, 0.1) is 12.9 Å². The molecule has 6 nitrogen and oxygen atoms in total. The molecule has 0 radical (unpaired) electrons. The number of nitrogens with one attached hydrogen (secondary N) is 1. The summed E-state index contributed by atoms with van der Waals surface area (Å²) >= 11 is 1.46. The maximum absolute atomic E-state index is 12.5. The quantitative estimate of drug-likeness (QED) is 0.412.